The SMILES string of the molecule is CC1C(c2ccc(Cl)cc2Cl)=NC(c2ccccc2)N1c1ccc(I)cc1. The maximum Gasteiger partial charge on any atom is 0.148 e. The molecule has 2 nitrogen and oxygen atoms in total. The third-order valence-electron chi connectivity index (χ3n) is 4.77. The molecule has 4 rings (SSSR count). The van der Waals surface area contributed by atoms with Crippen LogP contribution >= 0.6 is 45.8 Å². The Morgan fingerprint density at radius 1 is 0.926 bits per heavy atom. The van der Waals surface area contributed by atoms with Gasteiger partial charge in [0.25, 0.3) is 0 Å². The van der Waals surface area contributed by atoms with Crippen LogP contribution in [0, 0.1) is 3.57 Å². The fraction of sp³-hybridized carbons (Fsp3) is 0.136. The highest BCUT2D eigenvalue weighted by Crippen LogP contribution is 2.38. The van der Waals surface area contributed by atoms with Crippen molar-refractivity contribution in [1.82, 2.24) is 0 Å². The normalized spacial score (nSPS) is 19.3. The fourth-order valence-corrected chi connectivity index (χ4v) is 4.34. The summed E-state index contributed by atoms with van der Waals surface area (Å²) >= 11 is 14.9. The van der Waals surface area contributed by atoms with Gasteiger partial charge < -0.3 is 4.90 Å². The summed E-state index contributed by atoms with van der Waals surface area (Å²) in [5, 5.41) is 1.26. The first-order valence-electron chi connectivity index (χ1n) is 8.66. The van der Waals surface area contributed by atoms with Crippen molar-refractivity contribution >= 4 is 57.2 Å². The molecule has 0 aliphatic carbocycles. The molecule has 3 aromatic carbocycles. The van der Waals surface area contributed by atoms with Crippen molar-refractivity contribution in [3.63, 3.8) is 0 Å². The van der Waals surface area contributed by atoms with Crippen molar-refractivity contribution in [2.75, 3.05) is 4.90 Å². The first kappa shape index (κ1) is 18.8. The minimum Gasteiger partial charge on any atom is -0.337 e. The van der Waals surface area contributed by atoms with Gasteiger partial charge in [-0.15, -0.1) is 0 Å². The molecule has 0 bridgehead atoms. The van der Waals surface area contributed by atoms with Crippen molar-refractivity contribution in [3.05, 3.63) is 97.5 Å². The molecule has 2 atom stereocenters. The summed E-state index contributed by atoms with van der Waals surface area (Å²) in [7, 11) is 0. The summed E-state index contributed by atoms with van der Waals surface area (Å²) in [5.74, 6) is 0. The second-order valence-corrected chi connectivity index (χ2v) is 8.57. The Kier molecular flexibility index (Phi) is 5.44. The molecule has 0 aromatic heterocycles. The topological polar surface area (TPSA) is 15.6 Å². The van der Waals surface area contributed by atoms with Crippen LogP contribution in [0.3, 0.4) is 0 Å². The molecular weight excluding hydrogens is 490 g/mol. The molecule has 2 unspecified atom stereocenters. The average Bonchev–Trinajstić information content (AvgIpc) is 3.00. The molecule has 3 aromatic rings. The highest BCUT2D eigenvalue weighted by Gasteiger charge is 2.35. The molecule has 0 amide bonds. The molecule has 27 heavy (non-hydrogen) atoms. The molecule has 0 fully saturated rings. The van der Waals surface area contributed by atoms with Crippen LogP contribution in [0.1, 0.15) is 24.2 Å². The van der Waals surface area contributed by atoms with Crippen molar-refractivity contribution in [1.29, 1.82) is 0 Å². The lowest BCUT2D eigenvalue weighted by molar-refractivity contribution is 0.675. The van der Waals surface area contributed by atoms with E-state index in [1.54, 1.807) is 6.07 Å². The molecule has 0 saturated carbocycles. The van der Waals surface area contributed by atoms with Crippen molar-refractivity contribution < 1.29 is 0 Å². The number of benzene rings is 3. The number of aliphatic imine (C=N–C) groups is 1. The van der Waals surface area contributed by atoms with Crippen LogP contribution in [0.15, 0.2) is 77.8 Å². The average molecular weight is 507 g/mol. The molecule has 0 radical (unpaired) electrons. The van der Waals surface area contributed by atoms with Crippen LogP contribution in [-0.4, -0.2) is 11.8 Å². The second kappa shape index (κ2) is 7.82. The smallest absolute Gasteiger partial charge is 0.148 e. The number of rotatable bonds is 3. The monoisotopic (exact) mass is 506 g/mol. The number of nitrogens with zero attached hydrogens (tertiary/aromatic N) is 2. The molecule has 136 valence electrons. The summed E-state index contributed by atoms with van der Waals surface area (Å²) < 4.78 is 1.21. The van der Waals surface area contributed by atoms with E-state index in [0.29, 0.717) is 10.0 Å². The molecule has 0 N–H and O–H groups in total. The molecule has 1 aliphatic heterocycles. The van der Waals surface area contributed by atoms with Gasteiger partial charge in [0.1, 0.15) is 6.17 Å². The van der Waals surface area contributed by atoms with Crippen LogP contribution in [0.5, 0.6) is 0 Å². The first-order valence-corrected chi connectivity index (χ1v) is 10.5. The van der Waals surface area contributed by atoms with Gasteiger partial charge in [0.15, 0.2) is 0 Å². The highest BCUT2D eigenvalue weighted by atomic mass is 127. The number of hydrogen-bond acceptors (Lipinski definition) is 2. The fourth-order valence-electron chi connectivity index (χ4n) is 3.48. The van der Waals surface area contributed by atoms with E-state index >= 15 is 0 Å². The van der Waals surface area contributed by atoms with Gasteiger partial charge in [-0.3, -0.25) is 4.99 Å². The first-order chi connectivity index (χ1) is 13.0. The van der Waals surface area contributed by atoms with Gasteiger partial charge in [0.2, 0.25) is 0 Å². The largest absolute Gasteiger partial charge is 0.337 e. The zero-order valence-corrected chi connectivity index (χ0v) is 18.3. The zero-order valence-electron chi connectivity index (χ0n) is 14.6. The summed E-state index contributed by atoms with van der Waals surface area (Å²) in [5.41, 5.74) is 4.20. The van der Waals surface area contributed by atoms with E-state index in [-0.39, 0.29) is 12.2 Å². The van der Waals surface area contributed by atoms with E-state index in [1.165, 1.54) is 3.57 Å². The molecule has 1 heterocycles. The van der Waals surface area contributed by atoms with Crippen LogP contribution in [-0.2, 0) is 0 Å². The Morgan fingerprint density at radius 2 is 1.63 bits per heavy atom. The van der Waals surface area contributed by atoms with E-state index in [4.69, 9.17) is 28.2 Å². The van der Waals surface area contributed by atoms with Crippen molar-refractivity contribution in [2.24, 2.45) is 4.99 Å². The highest BCUT2D eigenvalue weighted by molar-refractivity contribution is 14.1. The van der Waals surface area contributed by atoms with Gasteiger partial charge in [-0.2, -0.15) is 0 Å². The molecule has 0 saturated heterocycles. The van der Waals surface area contributed by atoms with Crippen molar-refractivity contribution in [3.8, 4) is 0 Å². The van der Waals surface area contributed by atoms with Crippen molar-refractivity contribution in [2.45, 2.75) is 19.1 Å². The Morgan fingerprint density at radius 3 is 2.30 bits per heavy atom. The van der Waals surface area contributed by atoms with Crippen LogP contribution < -0.4 is 4.90 Å². The van der Waals surface area contributed by atoms with E-state index in [0.717, 1.165) is 22.5 Å². The Bertz CT molecular complexity index is 987. The minimum absolute atomic E-state index is 0.0777. The van der Waals surface area contributed by atoms with E-state index in [2.05, 4.69) is 82.9 Å². The standard InChI is InChI=1S/C22H17Cl2IN2/c1-14-21(19-12-7-16(23)13-20(19)24)26-22(15-5-3-2-4-6-15)27(14)18-10-8-17(25)9-11-18/h2-14,22H,1H3. The predicted octanol–water partition coefficient (Wildman–Crippen LogP) is 6.99. The molecule has 1 aliphatic rings. The summed E-state index contributed by atoms with van der Waals surface area (Å²) in [4.78, 5) is 7.43. The summed E-state index contributed by atoms with van der Waals surface area (Å²) in [6, 6.07) is 24.6. The van der Waals surface area contributed by atoms with Crippen LogP contribution in [0.25, 0.3) is 0 Å². The van der Waals surface area contributed by atoms with Gasteiger partial charge in [0, 0.05) is 19.8 Å². The molecule has 0 spiro atoms. The minimum atomic E-state index is -0.0944. The lowest BCUT2D eigenvalue weighted by Gasteiger charge is -2.30. The van der Waals surface area contributed by atoms with Crippen LogP contribution in [0.4, 0.5) is 5.69 Å². The quantitative estimate of drug-likeness (QED) is 0.349. The zero-order chi connectivity index (χ0) is 19.0. The third kappa shape index (κ3) is 3.73. The van der Waals surface area contributed by atoms with Crippen LogP contribution in [0.2, 0.25) is 10.0 Å². The maximum absolute atomic E-state index is 6.50. The van der Waals surface area contributed by atoms with Gasteiger partial charge in [-0.1, -0.05) is 59.6 Å². The van der Waals surface area contributed by atoms with Gasteiger partial charge in [-0.25, -0.2) is 0 Å². The summed E-state index contributed by atoms with van der Waals surface area (Å²) in [6.45, 7) is 2.17. The van der Waals surface area contributed by atoms with Gasteiger partial charge in [0.05, 0.1) is 16.8 Å². The predicted molar refractivity (Wildman–Crippen MR) is 123 cm³/mol. The second-order valence-electron chi connectivity index (χ2n) is 6.48. The summed E-state index contributed by atoms with van der Waals surface area (Å²) in [6.07, 6.45) is -0.0944. The number of anilines is 1. The van der Waals surface area contributed by atoms with Gasteiger partial charge >= 0.3 is 0 Å². The third-order valence-corrected chi connectivity index (χ3v) is 6.03. The van der Waals surface area contributed by atoms with E-state index in [1.807, 2.05) is 18.2 Å². The Labute approximate surface area is 183 Å². The number of hydrogen-bond donors (Lipinski definition) is 0. The van der Waals surface area contributed by atoms with Gasteiger partial charge in [-0.05, 0) is 71.5 Å². The molecule has 5 heteroatoms. The number of halogens is 3. The van der Waals surface area contributed by atoms with E-state index < -0.39 is 0 Å². The Hall–Kier alpha value is -1.56. The maximum atomic E-state index is 6.50. The Balaban J connectivity index is 1.82. The lowest BCUT2D eigenvalue weighted by Crippen LogP contribution is -2.35. The molecular formula is C22H17Cl2IN2. The lowest BCUT2D eigenvalue weighted by atomic mass is 10.0. The van der Waals surface area contributed by atoms with E-state index in [9.17, 15) is 0 Å².